The van der Waals surface area contributed by atoms with Gasteiger partial charge in [0, 0.05) is 25.2 Å². The second-order valence-electron chi connectivity index (χ2n) is 5.06. The molecule has 8 nitrogen and oxygen atoms in total. The van der Waals surface area contributed by atoms with E-state index in [1.807, 2.05) is 0 Å². The average Bonchev–Trinajstić information content (AvgIpc) is 3.38. The molecule has 0 unspecified atom stereocenters. The Labute approximate surface area is 121 Å². The Balaban J connectivity index is 1.53. The minimum absolute atomic E-state index is 0.258. The number of hydrazine groups is 1. The normalized spacial score (nSPS) is 18.2. The highest BCUT2D eigenvalue weighted by Crippen LogP contribution is 2.37. The topological polar surface area (TPSA) is 96.5 Å². The van der Waals surface area contributed by atoms with E-state index in [0.717, 1.165) is 12.8 Å². The molecule has 0 atom stereocenters. The van der Waals surface area contributed by atoms with Crippen LogP contribution >= 0.6 is 0 Å². The molecule has 0 spiro atoms. The standard InChI is InChI=1S/C13H17N5O3/c19-12(10-3-4-14-11(15-10)9-1-2-9)16-17-13(20)18-5-7-21-8-6-18/h3-4,9H,1-2,5-8H2,(H,16,19)(H,17,20). The van der Waals surface area contributed by atoms with Crippen molar-refractivity contribution < 1.29 is 14.3 Å². The van der Waals surface area contributed by atoms with Crippen LogP contribution in [-0.2, 0) is 4.74 Å². The van der Waals surface area contributed by atoms with Crippen LogP contribution in [0.1, 0.15) is 35.1 Å². The van der Waals surface area contributed by atoms with Crippen molar-refractivity contribution in [2.75, 3.05) is 26.3 Å². The first-order valence-corrected chi connectivity index (χ1v) is 7.00. The fourth-order valence-corrected chi connectivity index (χ4v) is 2.06. The second-order valence-corrected chi connectivity index (χ2v) is 5.06. The van der Waals surface area contributed by atoms with Gasteiger partial charge < -0.3 is 9.64 Å². The first-order chi connectivity index (χ1) is 10.2. The van der Waals surface area contributed by atoms with Crippen molar-refractivity contribution in [3.63, 3.8) is 0 Å². The summed E-state index contributed by atoms with van der Waals surface area (Å²) in [5, 5.41) is 0. The van der Waals surface area contributed by atoms with Crippen LogP contribution in [0.2, 0.25) is 0 Å². The number of ether oxygens (including phenoxy) is 1. The van der Waals surface area contributed by atoms with Crippen molar-refractivity contribution in [1.29, 1.82) is 0 Å². The van der Waals surface area contributed by atoms with Crippen LogP contribution in [0.5, 0.6) is 0 Å². The predicted molar refractivity (Wildman–Crippen MR) is 72.4 cm³/mol. The predicted octanol–water partition coefficient (Wildman–Crippen LogP) is 0.0406. The Kier molecular flexibility index (Phi) is 3.96. The van der Waals surface area contributed by atoms with Crippen molar-refractivity contribution in [2.45, 2.75) is 18.8 Å². The lowest BCUT2D eigenvalue weighted by molar-refractivity contribution is 0.0519. The number of rotatable bonds is 2. The van der Waals surface area contributed by atoms with E-state index in [9.17, 15) is 9.59 Å². The molecule has 0 aromatic carbocycles. The Hall–Kier alpha value is -2.22. The molecule has 8 heteroatoms. The Morgan fingerprint density at radius 3 is 2.71 bits per heavy atom. The Bertz CT molecular complexity index is 540. The average molecular weight is 291 g/mol. The molecule has 0 bridgehead atoms. The lowest BCUT2D eigenvalue weighted by Crippen LogP contribution is -2.52. The maximum atomic E-state index is 12.0. The first-order valence-electron chi connectivity index (χ1n) is 7.00. The van der Waals surface area contributed by atoms with Crippen LogP contribution in [-0.4, -0.2) is 53.1 Å². The monoisotopic (exact) mass is 291 g/mol. The number of hydrogen-bond acceptors (Lipinski definition) is 5. The highest BCUT2D eigenvalue weighted by Gasteiger charge is 2.27. The Morgan fingerprint density at radius 2 is 2.00 bits per heavy atom. The summed E-state index contributed by atoms with van der Waals surface area (Å²) in [6, 6.07) is 1.19. The van der Waals surface area contributed by atoms with Crippen LogP contribution in [0.3, 0.4) is 0 Å². The Morgan fingerprint density at radius 1 is 1.24 bits per heavy atom. The summed E-state index contributed by atoms with van der Waals surface area (Å²) in [7, 11) is 0. The minimum Gasteiger partial charge on any atom is -0.378 e. The summed E-state index contributed by atoms with van der Waals surface area (Å²) in [6.45, 7) is 2.05. The van der Waals surface area contributed by atoms with E-state index in [1.165, 1.54) is 6.07 Å². The maximum Gasteiger partial charge on any atom is 0.336 e. The number of aromatic nitrogens is 2. The highest BCUT2D eigenvalue weighted by molar-refractivity contribution is 5.93. The lowest BCUT2D eigenvalue weighted by Gasteiger charge is -2.26. The third-order valence-corrected chi connectivity index (χ3v) is 3.43. The molecule has 112 valence electrons. The summed E-state index contributed by atoms with van der Waals surface area (Å²) in [4.78, 5) is 33.8. The van der Waals surface area contributed by atoms with Gasteiger partial charge in [0.05, 0.1) is 13.2 Å². The molecule has 1 saturated carbocycles. The van der Waals surface area contributed by atoms with Crippen LogP contribution in [0.25, 0.3) is 0 Å². The molecule has 1 aromatic heterocycles. The van der Waals surface area contributed by atoms with Crippen molar-refractivity contribution in [1.82, 2.24) is 25.7 Å². The SMILES string of the molecule is O=C(NNC(=O)N1CCOCC1)c1ccnc(C2CC2)n1. The third kappa shape index (κ3) is 3.46. The first kappa shape index (κ1) is 13.7. The van der Waals surface area contributed by atoms with E-state index in [0.29, 0.717) is 38.0 Å². The fourth-order valence-electron chi connectivity index (χ4n) is 2.06. The number of nitrogens with zero attached hydrogens (tertiary/aromatic N) is 3. The smallest absolute Gasteiger partial charge is 0.336 e. The lowest BCUT2D eigenvalue weighted by atomic mass is 10.3. The molecular formula is C13H17N5O3. The number of urea groups is 1. The summed E-state index contributed by atoms with van der Waals surface area (Å²) < 4.78 is 5.16. The number of carbonyl (C=O) groups is 2. The van der Waals surface area contributed by atoms with Crippen molar-refractivity contribution in [3.05, 3.63) is 23.8 Å². The largest absolute Gasteiger partial charge is 0.378 e. The minimum atomic E-state index is -0.444. The molecule has 1 aliphatic heterocycles. The molecule has 3 amide bonds. The van der Waals surface area contributed by atoms with Gasteiger partial charge in [-0.25, -0.2) is 20.2 Å². The molecule has 1 aliphatic carbocycles. The van der Waals surface area contributed by atoms with Gasteiger partial charge in [0.1, 0.15) is 11.5 Å². The van der Waals surface area contributed by atoms with Gasteiger partial charge >= 0.3 is 6.03 Å². The van der Waals surface area contributed by atoms with E-state index in [4.69, 9.17) is 4.74 Å². The molecule has 21 heavy (non-hydrogen) atoms. The van der Waals surface area contributed by atoms with E-state index >= 15 is 0 Å². The summed E-state index contributed by atoms with van der Waals surface area (Å²) >= 11 is 0. The van der Waals surface area contributed by atoms with Gasteiger partial charge in [-0.1, -0.05) is 0 Å². The molecule has 1 aromatic rings. The van der Waals surface area contributed by atoms with E-state index in [1.54, 1.807) is 11.1 Å². The van der Waals surface area contributed by atoms with Crippen LogP contribution in [0.4, 0.5) is 4.79 Å². The van der Waals surface area contributed by atoms with E-state index in [-0.39, 0.29) is 11.7 Å². The van der Waals surface area contributed by atoms with E-state index in [2.05, 4.69) is 20.8 Å². The fraction of sp³-hybridized carbons (Fsp3) is 0.538. The number of amides is 3. The summed E-state index contributed by atoms with van der Waals surface area (Å²) in [6.07, 6.45) is 3.71. The summed E-state index contributed by atoms with van der Waals surface area (Å²) in [5.41, 5.74) is 5.02. The molecule has 2 aliphatic rings. The number of nitrogens with one attached hydrogen (secondary N) is 2. The zero-order valence-electron chi connectivity index (χ0n) is 11.5. The molecular weight excluding hydrogens is 274 g/mol. The van der Waals surface area contributed by atoms with E-state index < -0.39 is 5.91 Å². The molecule has 1 saturated heterocycles. The molecule has 2 fully saturated rings. The van der Waals surface area contributed by atoms with Crippen LogP contribution < -0.4 is 10.9 Å². The van der Waals surface area contributed by atoms with Gasteiger partial charge in [0.15, 0.2) is 0 Å². The quantitative estimate of drug-likeness (QED) is 0.750. The summed E-state index contributed by atoms with van der Waals surface area (Å²) in [5.74, 6) is 0.628. The molecule has 3 rings (SSSR count). The molecule has 0 radical (unpaired) electrons. The zero-order chi connectivity index (χ0) is 14.7. The number of hydrogen-bond donors (Lipinski definition) is 2. The van der Waals surface area contributed by atoms with Gasteiger partial charge in [-0.15, -0.1) is 0 Å². The van der Waals surface area contributed by atoms with Crippen molar-refractivity contribution >= 4 is 11.9 Å². The van der Waals surface area contributed by atoms with Crippen LogP contribution in [0.15, 0.2) is 12.3 Å². The van der Waals surface area contributed by atoms with Gasteiger partial charge in [-0.05, 0) is 18.9 Å². The number of carbonyl (C=O) groups excluding carboxylic acids is 2. The number of morpholine rings is 1. The van der Waals surface area contributed by atoms with Crippen LogP contribution in [0, 0.1) is 0 Å². The highest BCUT2D eigenvalue weighted by atomic mass is 16.5. The molecule has 2 heterocycles. The van der Waals surface area contributed by atoms with Crippen molar-refractivity contribution in [3.8, 4) is 0 Å². The zero-order valence-corrected chi connectivity index (χ0v) is 11.5. The van der Waals surface area contributed by atoms with Crippen molar-refractivity contribution in [2.24, 2.45) is 0 Å². The third-order valence-electron chi connectivity index (χ3n) is 3.43. The van der Waals surface area contributed by atoms with Gasteiger partial charge in [-0.3, -0.25) is 10.2 Å². The molecule has 2 N–H and O–H groups in total. The second kappa shape index (κ2) is 6.04. The maximum absolute atomic E-state index is 12.0. The van der Waals surface area contributed by atoms with Gasteiger partial charge in [-0.2, -0.15) is 0 Å². The van der Waals surface area contributed by atoms with Gasteiger partial charge in [0.25, 0.3) is 5.91 Å². The van der Waals surface area contributed by atoms with Gasteiger partial charge in [0.2, 0.25) is 0 Å².